The van der Waals surface area contributed by atoms with Crippen LogP contribution in [0.25, 0.3) is 17.3 Å². The predicted octanol–water partition coefficient (Wildman–Crippen LogP) is 5.34. The van der Waals surface area contributed by atoms with Gasteiger partial charge in [0.2, 0.25) is 0 Å². The van der Waals surface area contributed by atoms with Crippen LogP contribution >= 0.6 is 23.2 Å². The van der Waals surface area contributed by atoms with Gasteiger partial charge in [0.05, 0.1) is 21.3 Å². The van der Waals surface area contributed by atoms with Crippen LogP contribution in [0.5, 0.6) is 0 Å². The molecular weight excluding hydrogens is 443 g/mol. The van der Waals surface area contributed by atoms with Crippen molar-refractivity contribution < 1.29 is 4.79 Å². The summed E-state index contributed by atoms with van der Waals surface area (Å²) in [5.74, 6) is 0.0310. The molecule has 1 aliphatic rings. The van der Waals surface area contributed by atoms with Crippen molar-refractivity contribution in [3.05, 3.63) is 72.5 Å². The van der Waals surface area contributed by atoms with Crippen LogP contribution in [0.4, 0.5) is 0 Å². The van der Waals surface area contributed by atoms with Gasteiger partial charge >= 0.3 is 0 Å². The molecule has 1 heterocycles. The molecular formula is C26H30Cl2N2O2. The van der Waals surface area contributed by atoms with E-state index >= 15 is 0 Å². The lowest BCUT2D eigenvalue weighted by Gasteiger charge is -2.31. The molecule has 3 rings (SSSR count). The Hall–Kier alpha value is -2.30. The molecule has 6 heteroatoms. The molecule has 0 saturated heterocycles. The van der Waals surface area contributed by atoms with Gasteiger partial charge in [0.25, 0.3) is 5.56 Å². The van der Waals surface area contributed by atoms with Crippen LogP contribution in [-0.2, 0) is 4.79 Å². The van der Waals surface area contributed by atoms with Crippen LogP contribution in [-0.4, -0.2) is 15.6 Å². The Kier molecular flexibility index (Phi) is 6.52. The second-order valence-electron chi connectivity index (χ2n) is 10.1. The number of aromatic nitrogens is 2. The molecule has 170 valence electrons. The van der Waals surface area contributed by atoms with Crippen LogP contribution in [0.15, 0.2) is 46.3 Å². The first-order valence-electron chi connectivity index (χ1n) is 10.8. The quantitative estimate of drug-likeness (QED) is 0.640. The van der Waals surface area contributed by atoms with Crippen molar-refractivity contribution >= 4 is 40.6 Å². The summed E-state index contributed by atoms with van der Waals surface area (Å²) in [5, 5.41) is 5.28. The summed E-state index contributed by atoms with van der Waals surface area (Å²) in [5.41, 5.74) is 1.60. The van der Waals surface area contributed by atoms with Gasteiger partial charge in [0.15, 0.2) is 5.78 Å². The third-order valence-electron chi connectivity index (χ3n) is 5.47. The number of carbonyl (C=O) groups excluding carboxylic acids is 1. The molecule has 0 unspecified atom stereocenters. The molecule has 0 atom stereocenters. The average Bonchev–Trinajstić information content (AvgIpc) is 2.98. The molecule has 1 aliphatic carbocycles. The maximum atomic E-state index is 13.7. The molecule has 0 radical (unpaired) electrons. The van der Waals surface area contributed by atoms with E-state index < -0.39 is 0 Å². The number of carbonyl (C=O) groups is 1. The van der Waals surface area contributed by atoms with E-state index in [-0.39, 0.29) is 22.2 Å². The minimum absolute atomic E-state index is 0.0310. The lowest BCUT2D eigenvalue weighted by molar-refractivity contribution is -0.114. The second kappa shape index (κ2) is 8.57. The maximum absolute atomic E-state index is 13.7. The van der Waals surface area contributed by atoms with E-state index in [0.717, 1.165) is 12.0 Å². The summed E-state index contributed by atoms with van der Waals surface area (Å²) < 4.78 is 1.42. The van der Waals surface area contributed by atoms with Gasteiger partial charge in [-0.15, -0.1) is 0 Å². The number of H-pyrrole nitrogens is 1. The highest BCUT2D eigenvalue weighted by Gasteiger charge is 2.34. The number of halogens is 2. The number of benzene rings is 1. The molecule has 32 heavy (non-hydrogen) atoms. The number of allylic oxidation sites excluding steroid dienone is 4. The smallest absolute Gasteiger partial charge is 0.279 e. The minimum Gasteiger partial charge on any atom is -0.291 e. The van der Waals surface area contributed by atoms with E-state index in [4.69, 9.17) is 23.2 Å². The number of aromatic amines is 1. The van der Waals surface area contributed by atoms with Gasteiger partial charge in [-0.1, -0.05) is 77.7 Å². The fourth-order valence-electron chi connectivity index (χ4n) is 3.80. The van der Waals surface area contributed by atoms with E-state index in [0.29, 0.717) is 37.4 Å². The zero-order valence-corrected chi connectivity index (χ0v) is 21.2. The summed E-state index contributed by atoms with van der Waals surface area (Å²) in [4.78, 5) is 27.0. The summed E-state index contributed by atoms with van der Waals surface area (Å²) in [6.07, 6.45) is 6.41. The standard InChI is InChI=1S/C26H30Cl2N2O2/c1-8-9-20-22(24(32)30(29-20)21-14-16(27)10-11-19(21)28)15-12-17(25(2,3)4)23(31)18(13-15)26(5,6)7/h9-14,29H,8H2,1-7H3. The van der Waals surface area contributed by atoms with E-state index in [9.17, 15) is 9.59 Å². The van der Waals surface area contributed by atoms with Gasteiger partial charge in [-0.25, -0.2) is 4.68 Å². The number of ketones is 1. The van der Waals surface area contributed by atoms with E-state index in [2.05, 4.69) is 5.10 Å². The largest absolute Gasteiger partial charge is 0.291 e. The number of nitrogens with one attached hydrogen (secondary N) is 1. The first kappa shape index (κ1) is 24.3. The van der Waals surface area contributed by atoms with Crippen LogP contribution in [0, 0.1) is 10.8 Å². The molecule has 0 amide bonds. The van der Waals surface area contributed by atoms with Gasteiger partial charge in [0.1, 0.15) is 0 Å². The van der Waals surface area contributed by atoms with Crippen LogP contribution in [0.1, 0.15) is 54.9 Å². The number of rotatable bonds is 2. The highest BCUT2D eigenvalue weighted by Crippen LogP contribution is 2.38. The first-order valence-corrected chi connectivity index (χ1v) is 11.5. The molecule has 2 aromatic rings. The van der Waals surface area contributed by atoms with Crippen molar-refractivity contribution in [2.45, 2.75) is 54.9 Å². The lowest BCUT2D eigenvalue weighted by Crippen LogP contribution is -2.38. The summed E-state index contributed by atoms with van der Waals surface area (Å²) in [6.45, 7) is 14.1. The van der Waals surface area contributed by atoms with Crippen molar-refractivity contribution in [2.24, 2.45) is 10.8 Å². The van der Waals surface area contributed by atoms with E-state index in [1.165, 1.54) is 4.68 Å². The van der Waals surface area contributed by atoms with Crippen molar-refractivity contribution in [3.63, 3.8) is 0 Å². The number of hydrogen-bond acceptors (Lipinski definition) is 2. The summed E-state index contributed by atoms with van der Waals surface area (Å²) in [7, 11) is 0. The normalized spacial score (nSPS) is 15.8. The summed E-state index contributed by atoms with van der Waals surface area (Å²) in [6, 6.07) is 5.00. The van der Waals surface area contributed by atoms with Crippen molar-refractivity contribution in [1.82, 2.24) is 9.78 Å². The van der Waals surface area contributed by atoms with Gasteiger partial charge in [0, 0.05) is 16.2 Å². The average molecular weight is 473 g/mol. The molecule has 0 fully saturated rings. The van der Waals surface area contributed by atoms with Gasteiger partial charge in [-0.05, 0) is 53.2 Å². The Morgan fingerprint density at radius 1 is 0.969 bits per heavy atom. The zero-order chi connectivity index (χ0) is 24.0. The summed E-state index contributed by atoms with van der Waals surface area (Å²) >= 11 is 12.6. The van der Waals surface area contributed by atoms with Gasteiger partial charge < -0.3 is 0 Å². The fourth-order valence-corrected chi connectivity index (χ4v) is 4.17. The molecule has 1 aromatic carbocycles. The van der Waals surface area contributed by atoms with Gasteiger partial charge in [-0.3, -0.25) is 14.7 Å². The number of nitrogens with zero attached hydrogens (tertiary/aromatic N) is 1. The van der Waals surface area contributed by atoms with E-state index in [1.807, 2.05) is 66.7 Å². The maximum Gasteiger partial charge on any atom is 0.279 e. The highest BCUT2D eigenvalue weighted by atomic mass is 35.5. The first-order chi connectivity index (χ1) is 14.8. The number of hydrogen-bond donors (Lipinski definition) is 1. The Bertz CT molecular complexity index is 1290. The molecule has 1 N–H and O–H groups in total. The third kappa shape index (κ3) is 4.57. The minimum atomic E-state index is -0.368. The predicted molar refractivity (Wildman–Crippen MR) is 134 cm³/mol. The molecule has 0 saturated carbocycles. The highest BCUT2D eigenvalue weighted by molar-refractivity contribution is 6.34. The molecule has 0 bridgehead atoms. The molecule has 4 nitrogen and oxygen atoms in total. The Morgan fingerprint density at radius 2 is 1.53 bits per heavy atom. The fraction of sp³-hybridized carbons (Fsp3) is 0.385. The van der Waals surface area contributed by atoms with Gasteiger partial charge in [-0.2, -0.15) is 0 Å². The van der Waals surface area contributed by atoms with Crippen molar-refractivity contribution in [3.8, 4) is 5.69 Å². The SMILES string of the molecule is CCC=c1[nH]n(-c2cc(Cl)ccc2Cl)c(=O)c1=C1C=C(C(C)(C)C)C(=O)C(C(C)(C)C)=C1. The second-order valence-corrected chi connectivity index (χ2v) is 11.0. The monoisotopic (exact) mass is 472 g/mol. The Balaban J connectivity index is 2.50. The van der Waals surface area contributed by atoms with E-state index in [1.54, 1.807) is 18.2 Å². The Labute approximate surface area is 198 Å². The zero-order valence-electron chi connectivity index (χ0n) is 19.7. The Morgan fingerprint density at radius 3 is 2.03 bits per heavy atom. The number of Topliss-reactive ketones (excluding diaryl/α,β-unsaturated/α-hetero) is 1. The molecule has 0 spiro atoms. The van der Waals surface area contributed by atoms with Crippen LogP contribution in [0.2, 0.25) is 10.0 Å². The third-order valence-corrected chi connectivity index (χ3v) is 6.02. The topological polar surface area (TPSA) is 54.9 Å². The van der Waals surface area contributed by atoms with Crippen LogP contribution < -0.4 is 16.1 Å². The van der Waals surface area contributed by atoms with Crippen molar-refractivity contribution in [1.29, 1.82) is 0 Å². The lowest BCUT2D eigenvalue weighted by atomic mass is 9.72. The van der Waals surface area contributed by atoms with Crippen LogP contribution in [0.3, 0.4) is 0 Å². The molecule has 0 aliphatic heterocycles. The molecule has 1 aromatic heterocycles. The van der Waals surface area contributed by atoms with Crippen molar-refractivity contribution in [2.75, 3.05) is 0 Å².